The van der Waals surface area contributed by atoms with Gasteiger partial charge in [0.1, 0.15) is 5.82 Å². The second-order valence-electron chi connectivity index (χ2n) is 6.53. The number of benzene rings is 1. The molecule has 2 saturated heterocycles. The lowest BCUT2D eigenvalue weighted by Gasteiger charge is -2.43. The molecule has 2 aliphatic rings. The van der Waals surface area contributed by atoms with Crippen molar-refractivity contribution in [1.82, 2.24) is 9.80 Å². The highest BCUT2D eigenvalue weighted by Gasteiger charge is 2.47. The van der Waals surface area contributed by atoms with Crippen LogP contribution in [0, 0.1) is 5.82 Å². The molecule has 26 heavy (non-hydrogen) atoms. The molecule has 0 N–H and O–H groups in total. The van der Waals surface area contributed by atoms with Gasteiger partial charge in [-0.2, -0.15) is 0 Å². The van der Waals surface area contributed by atoms with E-state index in [-0.39, 0.29) is 22.5 Å². The standard InChI is InChI=1S/C19H19FN2O3S/c20-15-5-3-14(4-6-15)17(23)21-9-7-19(8-10-21)22(11-13-26-19)18(24)16-2-1-12-25-16/h1-6,12H,7-11,13H2. The van der Waals surface area contributed by atoms with Gasteiger partial charge < -0.3 is 14.2 Å². The first-order valence-electron chi connectivity index (χ1n) is 8.63. The predicted octanol–water partition coefficient (Wildman–Crippen LogP) is 3.24. The number of thioether (sulfide) groups is 1. The quantitative estimate of drug-likeness (QED) is 0.810. The molecule has 2 aliphatic heterocycles. The Morgan fingerprint density at radius 1 is 1.04 bits per heavy atom. The third-order valence-electron chi connectivity index (χ3n) is 5.08. The zero-order valence-corrected chi connectivity index (χ0v) is 15.0. The van der Waals surface area contributed by atoms with E-state index in [0.29, 0.717) is 31.0 Å². The molecular formula is C19H19FN2O3S. The Bertz CT molecular complexity index is 799. The van der Waals surface area contributed by atoms with Gasteiger partial charge in [0.2, 0.25) is 0 Å². The third kappa shape index (κ3) is 3.00. The summed E-state index contributed by atoms with van der Waals surface area (Å²) in [4.78, 5) is 28.8. The van der Waals surface area contributed by atoms with Crippen LogP contribution in [0.25, 0.3) is 0 Å². The van der Waals surface area contributed by atoms with Crippen LogP contribution in [0.4, 0.5) is 4.39 Å². The van der Waals surface area contributed by atoms with Crippen LogP contribution in [0.2, 0.25) is 0 Å². The number of amides is 2. The smallest absolute Gasteiger partial charge is 0.290 e. The van der Waals surface area contributed by atoms with Crippen molar-refractivity contribution in [3.8, 4) is 0 Å². The van der Waals surface area contributed by atoms with Gasteiger partial charge in [-0.3, -0.25) is 9.59 Å². The zero-order valence-electron chi connectivity index (χ0n) is 14.2. The second-order valence-corrected chi connectivity index (χ2v) is 7.98. The number of hydrogen-bond acceptors (Lipinski definition) is 4. The first kappa shape index (κ1) is 17.1. The molecule has 0 unspecified atom stereocenters. The molecule has 136 valence electrons. The van der Waals surface area contributed by atoms with Crippen molar-refractivity contribution < 1.29 is 18.4 Å². The Morgan fingerprint density at radius 2 is 1.77 bits per heavy atom. The Labute approximate surface area is 155 Å². The molecule has 2 aromatic rings. The Kier molecular flexibility index (Phi) is 4.48. The number of carbonyl (C=O) groups excluding carboxylic acids is 2. The maximum absolute atomic E-state index is 13.1. The fraction of sp³-hybridized carbons (Fsp3) is 0.368. The number of likely N-dealkylation sites (tertiary alicyclic amines) is 1. The van der Waals surface area contributed by atoms with Crippen molar-refractivity contribution in [2.45, 2.75) is 17.7 Å². The number of rotatable bonds is 2. The van der Waals surface area contributed by atoms with Crippen molar-refractivity contribution in [3.05, 3.63) is 59.8 Å². The fourth-order valence-corrected chi connectivity index (χ4v) is 5.13. The molecule has 0 radical (unpaired) electrons. The Morgan fingerprint density at radius 3 is 2.42 bits per heavy atom. The first-order chi connectivity index (χ1) is 12.6. The maximum atomic E-state index is 13.1. The first-order valence-corrected chi connectivity index (χ1v) is 9.62. The van der Waals surface area contributed by atoms with Crippen LogP contribution in [0.1, 0.15) is 33.8 Å². The van der Waals surface area contributed by atoms with E-state index in [1.807, 2.05) is 4.90 Å². The van der Waals surface area contributed by atoms with Crippen molar-refractivity contribution >= 4 is 23.6 Å². The highest BCUT2D eigenvalue weighted by molar-refractivity contribution is 8.00. The molecule has 2 fully saturated rings. The van der Waals surface area contributed by atoms with E-state index >= 15 is 0 Å². The fourth-order valence-electron chi connectivity index (χ4n) is 3.68. The molecule has 2 amide bonds. The van der Waals surface area contributed by atoms with E-state index in [9.17, 15) is 14.0 Å². The molecule has 0 aliphatic carbocycles. The predicted molar refractivity (Wildman–Crippen MR) is 96.5 cm³/mol. The summed E-state index contributed by atoms with van der Waals surface area (Å²) in [5.74, 6) is 0.716. The summed E-state index contributed by atoms with van der Waals surface area (Å²) in [6, 6.07) is 9.03. The lowest BCUT2D eigenvalue weighted by atomic mass is 10.0. The number of carbonyl (C=O) groups is 2. The van der Waals surface area contributed by atoms with Crippen LogP contribution in [-0.4, -0.2) is 51.9 Å². The van der Waals surface area contributed by atoms with Crippen molar-refractivity contribution in [3.63, 3.8) is 0 Å². The highest BCUT2D eigenvalue weighted by atomic mass is 32.2. The van der Waals surface area contributed by atoms with E-state index in [0.717, 1.165) is 18.6 Å². The van der Waals surface area contributed by atoms with Crippen LogP contribution < -0.4 is 0 Å². The number of furan rings is 1. The SMILES string of the molecule is O=C(c1ccc(F)cc1)N1CCC2(CC1)SCCN2C(=O)c1ccco1. The second kappa shape index (κ2) is 6.79. The van der Waals surface area contributed by atoms with Gasteiger partial charge in [0.05, 0.1) is 11.1 Å². The average molecular weight is 374 g/mol. The van der Waals surface area contributed by atoms with Crippen LogP contribution in [0.15, 0.2) is 47.1 Å². The number of halogens is 1. The van der Waals surface area contributed by atoms with Crippen molar-refractivity contribution in [2.75, 3.05) is 25.4 Å². The molecule has 0 atom stereocenters. The molecule has 0 bridgehead atoms. The van der Waals surface area contributed by atoms with Gasteiger partial charge in [-0.1, -0.05) is 0 Å². The molecular weight excluding hydrogens is 355 g/mol. The van der Waals surface area contributed by atoms with Gasteiger partial charge in [0.15, 0.2) is 5.76 Å². The zero-order chi connectivity index (χ0) is 18.1. The van der Waals surface area contributed by atoms with Gasteiger partial charge in [0, 0.05) is 31.0 Å². The lowest BCUT2D eigenvalue weighted by Crippen LogP contribution is -2.53. The molecule has 0 saturated carbocycles. The molecule has 7 heteroatoms. The summed E-state index contributed by atoms with van der Waals surface area (Å²) < 4.78 is 18.3. The summed E-state index contributed by atoms with van der Waals surface area (Å²) in [7, 11) is 0. The number of piperidine rings is 1. The summed E-state index contributed by atoms with van der Waals surface area (Å²) in [5, 5.41) is 0. The minimum atomic E-state index is -0.353. The minimum Gasteiger partial charge on any atom is -0.459 e. The monoisotopic (exact) mass is 374 g/mol. The maximum Gasteiger partial charge on any atom is 0.290 e. The summed E-state index contributed by atoms with van der Waals surface area (Å²) >= 11 is 1.79. The van der Waals surface area contributed by atoms with Gasteiger partial charge in [-0.05, 0) is 49.2 Å². The van der Waals surface area contributed by atoms with Crippen LogP contribution in [0.3, 0.4) is 0 Å². The number of nitrogens with zero attached hydrogens (tertiary/aromatic N) is 2. The van der Waals surface area contributed by atoms with Crippen LogP contribution in [0.5, 0.6) is 0 Å². The lowest BCUT2D eigenvalue weighted by molar-refractivity contribution is 0.0477. The molecule has 1 aromatic heterocycles. The van der Waals surface area contributed by atoms with Gasteiger partial charge in [0.25, 0.3) is 11.8 Å². The van der Waals surface area contributed by atoms with Crippen LogP contribution in [-0.2, 0) is 0 Å². The summed E-state index contributed by atoms with van der Waals surface area (Å²) in [6.07, 6.45) is 2.95. The van der Waals surface area contributed by atoms with E-state index in [1.165, 1.54) is 30.5 Å². The Hall–Kier alpha value is -2.28. The third-order valence-corrected chi connectivity index (χ3v) is 6.63. The summed E-state index contributed by atoms with van der Waals surface area (Å²) in [6.45, 7) is 1.84. The van der Waals surface area contributed by atoms with Gasteiger partial charge in [-0.25, -0.2) is 4.39 Å². The topological polar surface area (TPSA) is 53.8 Å². The number of hydrogen-bond donors (Lipinski definition) is 0. The highest BCUT2D eigenvalue weighted by Crippen LogP contribution is 2.44. The largest absolute Gasteiger partial charge is 0.459 e. The van der Waals surface area contributed by atoms with E-state index in [2.05, 4.69) is 0 Å². The van der Waals surface area contributed by atoms with Crippen molar-refractivity contribution in [1.29, 1.82) is 0 Å². The van der Waals surface area contributed by atoms with Gasteiger partial charge in [-0.15, -0.1) is 11.8 Å². The molecule has 5 nitrogen and oxygen atoms in total. The molecule has 1 aromatic carbocycles. The molecule has 3 heterocycles. The van der Waals surface area contributed by atoms with Crippen LogP contribution >= 0.6 is 11.8 Å². The molecule has 4 rings (SSSR count). The van der Waals surface area contributed by atoms with E-state index < -0.39 is 0 Å². The van der Waals surface area contributed by atoms with Crippen molar-refractivity contribution in [2.24, 2.45) is 0 Å². The van der Waals surface area contributed by atoms with E-state index in [4.69, 9.17) is 4.42 Å². The summed E-state index contributed by atoms with van der Waals surface area (Å²) in [5.41, 5.74) is 0.491. The average Bonchev–Trinajstić information content (AvgIpc) is 3.32. The van der Waals surface area contributed by atoms with Gasteiger partial charge >= 0.3 is 0 Å². The minimum absolute atomic E-state index is 0.0849. The Balaban J connectivity index is 1.46. The molecule has 1 spiro atoms. The normalized spacial score (nSPS) is 19.1. The van der Waals surface area contributed by atoms with E-state index in [1.54, 1.807) is 28.8 Å².